The molecule has 0 N–H and O–H groups in total. The molecule has 0 aliphatic heterocycles. The Labute approximate surface area is 241 Å². The summed E-state index contributed by atoms with van der Waals surface area (Å²) < 4.78 is 0. The zero-order valence-corrected chi connectivity index (χ0v) is 24.0. The molecule has 0 unspecified atom stereocenters. The summed E-state index contributed by atoms with van der Waals surface area (Å²) in [5, 5.41) is 11.4. The summed E-state index contributed by atoms with van der Waals surface area (Å²) in [4.78, 5) is 9.19. The maximum Gasteiger partial charge on any atom is 0.0266 e. The van der Waals surface area contributed by atoms with Gasteiger partial charge in [-0.1, -0.05) is 72.3 Å². The number of rotatable bonds is 1. The van der Waals surface area contributed by atoms with Crippen LogP contribution in [-0.2, 0) is 20.1 Å². The first kappa shape index (κ1) is 25.1. The molecule has 8 rings (SSSR count). The predicted molar refractivity (Wildman–Crippen MR) is 160 cm³/mol. The zero-order chi connectivity index (χ0) is 25.6. The van der Waals surface area contributed by atoms with Crippen LogP contribution in [0.1, 0.15) is 11.3 Å². The molecule has 0 amide bonds. The van der Waals surface area contributed by atoms with Crippen molar-refractivity contribution in [2.24, 2.45) is 0 Å². The minimum absolute atomic E-state index is 0. The van der Waals surface area contributed by atoms with E-state index in [2.05, 4.69) is 77.8 Å². The van der Waals surface area contributed by atoms with Gasteiger partial charge in [-0.25, -0.2) is 0 Å². The van der Waals surface area contributed by atoms with Crippen molar-refractivity contribution in [3.05, 3.63) is 133 Å². The largest absolute Gasteiger partial charge is 0.304 e. The van der Waals surface area contributed by atoms with Gasteiger partial charge in [-0.3, -0.25) is 0 Å². The van der Waals surface area contributed by atoms with E-state index in [1.165, 1.54) is 43.1 Å². The summed E-state index contributed by atoms with van der Waals surface area (Å²) >= 11 is 0. The van der Waals surface area contributed by atoms with Crippen molar-refractivity contribution in [1.82, 2.24) is 9.97 Å². The minimum atomic E-state index is 0. The third-order valence-electron chi connectivity index (χ3n) is 7.26. The van der Waals surface area contributed by atoms with Crippen LogP contribution in [0.2, 0.25) is 0 Å². The van der Waals surface area contributed by atoms with Crippen LogP contribution in [0.25, 0.3) is 65.3 Å². The average molecular weight is 677 g/mol. The van der Waals surface area contributed by atoms with E-state index in [0.717, 1.165) is 33.4 Å². The molecule has 2 aromatic heterocycles. The van der Waals surface area contributed by atoms with Gasteiger partial charge in [0.2, 0.25) is 0 Å². The Morgan fingerprint density at radius 3 is 2.03 bits per heavy atom. The molecule has 0 spiro atoms. The summed E-state index contributed by atoms with van der Waals surface area (Å²) in [6, 6.07) is 42.5. The van der Waals surface area contributed by atoms with Crippen LogP contribution in [0, 0.1) is 26.0 Å². The van der Waals surface area contributed by atoms with Crippen LogP contribution in [0.5, 0.6) is 0 Å². The van der Waals surface area contributed by atoms with Gasteiger partial charge in [0, 0.05) is 32.0 Å². The van der Waals surface area contributed by atoms with Gasteiger partial charge in [0.05, 0.1) is 0 Å². The fraction of sp³-hybridized carbons (Fsp3) is 0.0556. The Morgan fingerprint density at radius 2 is 1.26 bits per heavy atom. The van der Waals surface area contributed by atoms with Gasteiger partial charge in [-0.15, -0.1) is 65.0 Å². The molecule has 0 aliphatic rings. The van der Waals surface area contributed by atoms with E-state index in [0.29, 0.717) is 0 Å². The van der Waals surface area contributed by atoms with E-state index in [1.807, 2.05) is 62.5 Å². The fourth-order valence-electron chi connectivity index (χ4n) is 5.64. The molecule has 3 heteroatoms. The Balaban J connectivity index is 0.000000159. The molecule has 1 radical (unpaired) electrons. The van der Waals surface area contributed by atoms with Crippen molar-refractivity contribution in [3.63, 3.8) is 0 Å². The van der Waals surface area contributed by atoms with Gasteiger partial charge < -0.3 is 9.97 Å². The van der Waals surface area contributed by atoms with Crippen LogP contribution in [0.4, 0.5) is 0 Å². The van der Waals surface area contributed by atoms with Crippen LogP contribution >= 0.6 is 0 Å². The smallest absolute Gasteiger partial charge is 0.0266 e. The van der Waals surface area contributed by atoms with E-state index in [9.17, 15) is 0 Å². The number of benzene rings is 6. The first-order valence-corrected chi connectivity index (χ1v) is 12.9. The van der Waals surface area contributed by atoms with Crippen LogP contribution in [0.15, 0.2) is 109 Å². The average Bonchev–Trinajstić information content (AvgIpc) is 2.97. The van der Waals surface area contributed by atoms with Crippen molar-refractivity contribution in [1.29, 1.82) is 0 Å². The first-order valence-electron chi connectivity index (χ1n) is 12.9. The van der Waals surface area contributed by atoms with Gasteiger partial charge in [-0.2, -0.15) is 0 Å². The summed E-state index contributed by atoms with van der Waals surface area (Å²) in [6.45, 7) is 4.04. The maximum atomic E-state index is 4.74. The van der Waals surface area contributed by atoms with E-state index in [1.54, 1.807) is 0 Å². The number of aryl methyl sites for hydroxylation is 2. The van der Waals surface area contributed by atoms with Crippen molar-refractivity contribution < 1.29 is 20.1 Å². The van der Waals surface area contributed by atoms with E-state index in [-0.39, 0.29) is 20.1 Å². The van der Waals surface area contributed by atoms with Gasteiger partial charge >= 0.3 is 0 Å². The quantitative estimate of drug-likeness (QED) is 0.0985. The molecule has 0 saturated heterocycles. The number of pyridine rings is 2. The molecular weight excluding hydrogens is 653 g/mol. The van der Waals surface area contributed by atoms with Gasteiger partial charge in [-0.05, 0) is 62.6 Å². The summed E-state index contributed by atoms with van der Waals surface area (Å²) in [7, 11) is 0. The molecule has 0 bridgehead atoms. The Morgan fingerprint density at radius 1 is 0.590 bits per heavy atom. The van der Waals surface area contributed by atoms with E-state index >= 15 is 0 Å². The third kappa shape index (κ3) is 4.25. The molecule has 39 heavy (non-hydrogen) atoms. The second-order valence-electron chi connectivity index (χ2n) is 9.73. The second-order valence-corrected chi connectivity index (χ2v) is 9.73. The Bertz CT molecular complexity index is 1860. The molecule has 6 aromatic carbocycles. The maximum absolute atomic E-state index is 4.74. The number of hydrogen-bond donors (Lipinski definition) is 0. The number of nitrogens with zero attached hydrogens (tertiary/aromatic N) is 2. The van der Waals surface area contributed by atoms with Crippen molar-refractivity contribution >= 4 is 54.0 Å². The molecule has 0 saturated carbocycles. The molecule has 189 valence electrons. The van der Waals surface area contributed by atoms with Gasteiger partial charge in [0.25, 0.3) is 0 Å². The van der Waals surface area contributed by atoms with Crippen LogP contribution in [0.3, 0.4) is 0 Å². The fourth-order valence-corrected chi connectivity index (χ4v) is 5.64. The van der Waals surface area contributed by atoms with E-state index in [4.69, 9.17) is 4.98 Å². The number of hydrogen-bond acceptors (Lipinski definition) is 2. The number of aromatic nitrogens is 2. The normalized spacial score (nSPS) is 11.1. The summed E-state index contributed by atoms with van der Waals surface area (Å²) in [5.74, 6) is 0. The number of fused-ring (bicyclic) bond motifs is 6. The van der Waals surface area contributed by atoms with Gasteiger partial charge in [0.15, 0.2) is 0 Å². The predicted octanol–water partition coefficient (Wildman–Crippen LogP) is 9.25. The second kappa shape index (κ2) is 10.2. The molecular formula is C36H24IrN2-2. The monoisotopic (exact) mass is 677 g/mol. The minimum Gasteiger partial charge on any atom is -0.304 e. The third-order valence-corrected chi connectivity index (χ3v) is 7.26. The molecule has 8 aromatic rings. The summed E-state index contributed by atoms with van der Waals surface area (Å²) in [6.07, 6.45) is 1.93. The van der Waals surface area contributed by atoms with Crippen molar-refractivity contribution in [3.8, 4) is 11.3 Å². The molecule has 2 nitrogen and oxygen atoms in total. The van der Waals surface area contributed by atoms with Crippen LogP contribution in [-0.4, -0.2) is 9.97 Å². The Kier molecular flexibility index (Phi) is 6.56. The zero-order valence-electron chi connectivity index (χ0n) is 21.6. The van der Waals surface area contributed by atoms with E-state index < -0.39 is 0 Å². The Hall–Kier alpha value is -4.17. The molecule has 0 atom stereocenters. The SMILES string of the molecule is Cc1[c-]c(-c2cccc(C)n2)ccc1.[Ir].[c-]1cccc2c1c1nccc3c4ccccc4c4cccc2c4c31. The van der Waals surface area contributed by atoms with Crippen molar-refractivity contribution in [2.45, 2.75) is 13.8 Å². The molecule has 0 aliphatic carbocycles. The first-order chi connectivity index (χ1) is 18.7. The molecule has 2 heterocycles. The summed E-state index contributed by atoms with van der Waals surface area (Å²) in [5.41, 5.74) is 5.29. The molecule has 0 fully saturated rings. The van der Waals surface area contributed by atoms with Crippen molar-refractivity contribution in [2.75, 3.05) is 0 Å². The topological polar surface area (TPSA) is 25.8 Å². The standard InChI is InChI=1S/C23H12N.C13H12N.Ir/c1-2-7-15-14(6-1)17-10-5-11-18-16-8-3-4-9-20(16)23-22(21(17)18)19(15)12-13-24-23;1-10-5-3-7-12(9-10)13-8-4-6-11(2)14-13;/h1-8,10-13H;3-8H,1-2H3;/q2*-1;. The van der Waals surface area contributed by atoms with Gasteiger partial charge in [0.1, 0.15) is 0 Å². The van der Waals surface area contributed by atoms with Crippen LogP contribution < -0.4 is 0 Å².